The zero-order valence-electron chi connectivity index (χ0n) is 10.7. The molecule has 2 aliphatic carbocycles. The Balaban J connectivity index is 2.07. The molecule has 2 aliphatic rings. The van der Waals surface area contributed by atoms with Gasteiger partial charge in [0.2, 0.25) is 0 Å². The van der Waals surface area contributed by atoms with Crippen molar-refractivity contribution in [2.24, 2.45) is 11.3 Å². The van der Waals surface area contributed by atoms with E-state index in [1.54, 1.807) is 11.3 Å². The number of carbonyl (C=O) groups excluding carboxylic acids is 2. The van der Waals surface area contributed by atoms with E-state index < -0.39 is 0 Å². The molecule has 3 heteroatoms. The molecule has 0 aromatic carbocycles. The van der Waals surface area contributed by atoms with Crippen molar-refractivity contribution in [1.29, 1.82) is 0 Å². The molecule has 0 amide bonds. The number of thiophene rings is 1. The van der Waals surface area contributed by atoms with Crippen molar-refractivity contribution in [1.82, 2.24) is 0 Å². The first-order chi connectivity index (χ1) is 8.70. The molecule has 1 unspecified atom stereocenters. The van der Waals surface area contributed by atoms with Crippen LogP contribution in [0.25, 0.3) is 0 Å². The van der Waals surface area contributed by atoms with E-state index >= 15 is 0 Å². The Labute approximate surface area is 111 Å². The van der Waals surface area contributed by atoms with Crippen molar-refractivity contribution in [3.63, 3.8) is 0 Å². The quantitative estimate of drug-likeness (QED) is 0.604. The van der Waals surface area contributed by atoms with E-state index in [1.165, 1.54) is 22.6 Å². The highest BCUT2D eigenvalue weighted by atomic mass is 32.1. The molecule has 1 spiro atoms. The highest BCUT2D eigenvalue weighted by Crippen LogP contribution is 2.51. The van der Waals surface area contributed by atoms with Gasteiger partial charge < -0.3 is 4.79 Å². The maximum atomic E-state index is 12.5. The van der Waals surface area contributed by atoms with Gasteiger partial charge in [-0.2, -0.15) is 0 Å². The van der Waals surface area contributed by atoms with Gasteiger partial charge in [0.25, 0.3) is 0 Å². The molecule has 2 nitrogen and oxygen atoms in total. The lowest BCUT2D eigenvalue weighted by atomic mass is 9.65. The second-order valence-corrected chi connectivity index (χ2v) is 6.85. The minimum absolute atomic E-state index is 0.0400. The molecule has 0 saturated heterocycles. The molecule has 0 bridgehead atoms. The fourth-order valence-electron chi connectivity index (χ4n) is 3.65. The largest absolute Gasteiger partial charge is 0.303 e. The Morgan fingerprint density at radius 2 is 2.17 bits per heavy atom. The van der Waals surface area contributed by atoms with Gasteiger partial charge in [0, 0.05) is 15.3 Å². The minimum atomic E-state index is -0.383. The number of ketones is 1. The van der Waals surface area contributed by atoms with Crippen molar-refractivity contribution in [3.8, 4) is 0 Å². The third kappa shape index (κ3) is 1.60. The molecule has 0 radical (unpaired) electrons. The second-order valence-electron chi connectivity index (χ2n) is 5.63. The topological polar surface area (TPSA) is 34.1 Å². The summed E-state index contributed by atoms with van der Waals surface area (Å²) >= 11 is 1.78. The summed E-state index contributed by atoms with van der Waals surface area (Å²) in [5, 5.41) is 0. The van der Waals surface area contributed by atoms with Gasteiger partial charge in [0.05, 0.1) is 5.92 Å². The van der Waals surface area contributed by atoms with E-state index in [4.69, 9.17) is 0 Å². The van der Waals surface area contributed by atoms with E-state index in [9.17, 15) is 9.59 Å². The smallest absolute Gasteiger partial charge is 0.174 e. The van der Waals surface area contributed by atoms with Crippen LogP contribution < -0.4 is 0 Å². The van der Waals surface area contributed by atoms with Crippen molar-refractivity contribution in [2.75, 3.05) is 0 Å². The van der Waals surface area contributed by atoms with Crippen LogP contribution in [0.4, 0.5) is 0 Å². The third-order valence-electron chi connectivity index (χ3n) is 4.66. The van der Waals surface area contributed by atoms with Gasteiger partial charge in [-0.05, 0) is 37.2 Å². The van der Waals surface area contributed by atoms with Gasteiger partial charge in [0.1, 0.15) is 6.29 Å². The average molecular weight is 262 g/mol. The molecule has 1 atom stereocenters. The lowest BCUT2D eigenvalue weighted by molar-refractivity contribution is -0.113. The summed E-state index contributed by atoms with van der Waals surface area (Å²) in [5.41, 5.74) is 0.799. The fraction of sp³-hybridized carbons (Fsp3) is 0.600. The molecule has 0 aliphatic heterocycles. The van der Waals surface area contributed by atoms with Gasteiger partial charge in [-0.3, -0.25) is 4.79 Å². The number of aryl methyl sites for hydroxylation is 1. The van der Waals surface area contributed by atoms with E-state index in [-0.39, 0.29) is 17.1 Å². The maximum absolute atomic E-state index is 12.5. The monoisotopic (exact) mass is 262 g/mol. The van der Waals surface area contributed by atoms with E-state index in [0.717, 1.165) is 37.5 Å². The number of aldehydes is 1. The number of hydrogen-bond acceptors (Lipinski definition) is 3. The summed E-state index contributed by atoms with van der Waals surface area (Å²) in [6.45, 7) is 2.12. The van der Waals surface area contributed by atoms with Crippen molar-refractivity contribution >= 4 is 23.4 Å². The maximum Gasteiger partial charge on any atom is 0.174 e. The summed E-state index contributed by atoms with van der Waals surface area (Å²) in [5.74, 6) is -0.295. The zero-order chi connectivity index (χ0) is 12.8. The average Bonchev–Trinajstić information content (AvgIpc) is 2.97. The molecular weight excluding hydrogens is 244 g/mol. The van der Waals surface area contributed by atoms with Crippen LogP contribution in [0.2, 0.25) is 0 Å². The zero-order valence-corrected chi connectivity index (χ0v) is 11.5. The highest BCUT2D eigenvalue weighted by molar-refractivity contribution is 7.12. The Morgan fingerprint density at radius 3 is 2.78 bits per heavy atom. The Morgan fingerprint density at radius 1 is 1.44 bits per heavy atom. The van der Waals surface area contributed by atoms with E-state index in [0.29, 0.717) is 0 Å². The van der Waals surface area contributed by atoms with Crippen LogP contribution in [0.15, 0.2) is 6.07 Å². The van der Waals surface area contributed by atoms with Crippen molar-refractivity contribution in [2.45, 2.75) is 45.4 Å². The summed E-state index contributed by atoms with van der Waals surface area (Å²) in [6, 6.07) is 2.01. The lowest BCUT2D eigenvalue weighted by Crippen LogP contribution is -2.40. The molecule has 1 aromatic rings. The predicted molar refractivity (Wildman–Crippen MR) is 72.2 cm³/mol. The van der Waals surface area contributed by atoms with Gasteiger partial charge in [-0.25, -0.2) is 0 Å². The van der Waals surface area contributed by atoms with Crippen LogP contribution in [-0.4, -0.2) is 12.1 Å². The van der Waals surface area contributed by atoms with Crippen LogP contribution in [0, 0.1) is 11.3 Å². The Hall–Kier alpha value is -0.960. The predicted octanol–water partition coefficient (Wildman–Crippen LogP) is 3.42. The fourth-order valence-corrected chi connectivity index (χ4v) is 4.91. The summed E-state index contributed by atoms with van der Waals surface area (Å²) in [6.07, 6.45) is 7.26. The van der Waals surface area contributed by atoms with Gasteiger partial charge in [0.15, 0.2) is 5.78 Å². The molecule has 1 heterocycles. The number of carbonyl (C=O) groups is 2. The van der Waals surface area contributed by atoms with E-state index in [1.807, 2.05) is 6.07 Å². The van der Waals surface area contributed by atoms with Crippen LogP contribution in [0.5, 0.6) is 0 Å². The number of fused-ring (bicyclic) bond motifs is 1. The summed E-state index contributed by atoms with van der Waals surface area (Å²) < 4.78 is 0. The normalized spacial score (nSPS) is 25.4. The SMILES string of the molecule is CCc1cc2c(s1)CC1(CCCC1)C(C=O)C2=O. The third-order valence-corrected chi connectivity index (χ3v) is 5.94. The molecular formula is C15H18O2S. The van der Waals surface area contributed by atoms with Gasteiger partial charge >= 0.3 is 0 Å². The first kappa shape index (κ1) is 12.1. The summed E-state index contributed by atoms with van der Waals surface area (Å²) in [7, 11) is 0. The van der Waals surface area contributed by atoms with Crippen LogP contribution >= 0.6 is 11.3 Å². The van der Waals surface area contributed by atoms with Crippen LogP contribution in [0.1, 0.15) is 52.7 Å². The molecule has 1 aromatic heterocycles. The number of hydrogen-bond donors (Lipinski definition) is 0. The molecule has 1 saturated carbocycles. The van der Waals surface area contributed by atoms with Crippen molar-refractivity contribution in [3.05, 3.63) is 21.4 Å². The van der Waals surface area contributed by atoms with Gasteiger partial charge in [-0.1, -0.05) is 19.8 Å². The first-order valence-corrected chi connectivity index (χ1v) is 7.63. The lowest BCUT2D eigenvalue weighted by Gasteiger charge is -2.37. The minimum Gasteiger partial charge on any atom is -0.303 e. The number of rotatable bonds is 2. The van der Waals surface area contributed by atoms with Gasteiger partial charge in [-0.15, -0.1) is 11.3 Å². The molecule has 3 rings (SSSR count). The molecule has 1 fully saturated rings. The van der Waals surface area contributed by atoms with E-state index in [2.05, 4.69) is 6.92 Å². The molecule has 18 heavy (non-hydrogen) atoms. The van der Waals surface area contributed by atoms with Crippen molar-refractivity contribution < 1.29 is 9.59 Å². The highest BCUT2D eigenvalue weighted by Gasteiger charge is 2.49. The Bertz CT molecular complexity index is 495. The van der Waals surface area contributed by atoms with Crippen LogP contribution in [0.3, 0.4) is 0 Å². The standard InChI is InChI=1S/C15H18O2S/c1-2-10-7-11-13(18-10)8-15(5-3-4-6-15)12(9-16)14(11)17/h7,9,12H,2-6,8H2,1H3. The Kier molecular flexibility index (Phi) is 2.89. The second kappa shape index (κ2) is 4.30. The van der Waals surface area contributed by atoms with Crippen LogP contribution in [-0.2, 0) is 17.6 Å². The summed E-state index contributed by atoms with van der Waals surface area (Å²) in [4.78, 5) is 26.4. The number of Topliss-reactive ketones (excluding diaryl/α,β-unsaturated/α-hetero) is 1. The molecule has 96 valence electrons. The molecule has 0 N–H and O–H groups in total. The first-order valence-electron chi connectivity index (χ1n) is 6.81.